The van der Waals surface area contributed by atoms with Gasteiger partial charge in [0.15, 0.2) is 0 Å². The van der Waals surface area contributed by atoms with E-state index in [0.717, 1.165) is 24.5 Å². The number of aromatic nitrogens is 1. The van der Waals surface area contributed by atoms with Gasteiger partial charge in [-0.1, -0.05) is 25.6 Å². The van der Waals surface area contributed by atoms with Gasteiger partial charge in [0.25, 0.3) is 0 Å². The van der Waals surface area contributed by atoms with E-state index < -0.39 is 8.07 Å². The number of hydrogen-bond acceptors (Lipinski definition) is 3. The smallest absolute Gasteiger partial charge is 0.129 e. The highest BCUT2D eigenvalue weighted by Crippen LogP contribution is 2.23. The van der Waals surface area contributed by atoms with Crippen LogP contribution in [0.4, 0.5) is 5.82 Å². The molecule has 0 saturated carbocycles. The molecule has 3 heterocycles. The summed E-state index contributed by atoms with van der Waals surface area (Å²) in [6.45, 7) is 8.96. The Hall–Kier alpha value is -1.02. The minimum absolute atomic E-state index is 0. The molecule has 1 aromatic rings. The van der Waals surface area contributed by atoms with Crippen LogP contribution in [-0.2, 0) is 0 Å². The molecule has 0 aromatic carbocycles. The van der Waals surface area contributed by atoms with Crippen LogP contribution >= 0.6 is 12.4 Å². The second kappa shape index (κ2) is 6.39. The van der Waals surface area contributed by atoms with E-state index in [2.05, 4.69) is 58.4 Å². The fraction of sp³-hybridized carbons (Fsp3) is 0.562. The average molecular weight is 322 g/mol. The van der Waals surface area contributed by atoms with Gasteiger partial charge in [0.1, 0.15) is 13.9 Å². The molecule has 2 atom stereocenters. The van der Waals surface area contributed by atoms with Crippen LogP contribution in [0.15, 0.2) is 18.3 Å². The maximum Gasteiger partial charge on any atom is 0.129 e. The number of nitrogens with one attached hydrogen (secondary N) is 1. The third-order valence-electron chi connectivity index (χ3n) is 3.87. The summed E-state index contributed by atoms with van der Waals surface area (Å²) < 4.78 is 0. The van der Waals surface area contributed by atoms with E-state index in [1.807, 2.05) is 6.20 Å². The number of fused-ring (bicyclic) bond motifs is 2. The molecule has 3 nitrogen and oxygen atoms in total. The van der Waals surface area contributed by atoms with Crippen molar-refractivity contribution >= 4 is 26.3 Å². The second-order valence-corrected chi connectivity index (χ2v) is 11.7. The first-order valence-electron chi connectivity index (χ1n) is 7.50. The minimum atomic E-state index is -1.30. The van der Waals surface area contributed by atoms with Crippen molar-refractivity contribution in [3.63, 3.8) is 0 Å². The molecular weight excluding hydrogens is 298 g/mol. The van der Waals surface area contributed by atoms with Gasteiger partial charge in [-0.2, -0.15) is 0 Å². The van der Waals surface area contributed by atoms with Crippen LogP contribution in [0.2, 0.25) is 19.6 Å². The molecule has 0 spiro atoms. The van der Waals surface area contributed by atoms with Crippen molar-refractivity contribution in [1.29, 1.82) is 0 Å². The lowest BCUT2D eigenvalue weighted by Crippen LogP contribution is -2.51. The summed E-state index contributed by atoms with van der Waals surface area (Å²) in [4.78, 5) is 7.02. The third-order valence-corrected chi connectivity index (χ3v) is 4.75. The summed E-state index contributed by atoms with van der Waals surface area (Å²) in [6, 6.07) is 5.54. The van der Waals surface area contributed by atoms with Gasteiger partial charge in [-0.15, -0.1) is 18.0 Å². The third kappa shape index (κ3) is 4.23. The number of rotatable bonds is 1. The first-order chi connectivity index (χ1) is 9.49. The zero-order valence-corrected chi connectivity index (χ0v) is 14.8. The molecule has 0 amide bonds. The van der Waals surface area contributed by atoms with Gasteiger partial charge in [-0.3, -0.25) is 0 Å². The lowest BCUT2D eigenvalue weighted by atomic mass is 10.2. The van der Waals surface area contributed by atoms with Gasteiger partial charge in [0, 0.05) is 36.9 Å². The molecule has 2 aliphatic heterocycles. The Bertz CT molecular complexity index is 529. The fourth-order valence-electron chi connectivity index (χ4n) is 2.89. The highest BCUT2D eigenvalue weighted by molar-refractivity contribution is 6.83. The van der Waals surface area contributed by atoms with E-state index in [1.54, 1.807) is 0 Å². The van der Waals surface area contributed by atoms with Crippen LogP contribution in [0.1, 0.15) is 18.4 Å². The Labute approximate surface area is 134 Å². The maximum absolute atomic E-state index is 4.61. The van der Waals surface area contributed by atoms with Crippen molar-refractivity contribution in [1.82, 2.24) is 10.3 Å². The molecule has 114 valence electrons. The summed E-state index contributed by atoms with van der Waals surface area (Å²) in [5.41, 5.74) is 4.42. The topological polar surface area (TPSA) is 28.2 Å². The largest absolute Gasteiger partial charge is 0.353 e. The summed E-state index contributed by atoms with van der Waals surface area (Å²) >= 11 is 0. The number of pyridine rings is 1. The van der Waals surface area contributed by atoms with Gasteiger partial charge in [0.2, 0.25) is 0 Å². The Morgan fingerprint density at radius 3 is 2.38 bits per heavy atom. The van der Waals surface area contributed by atoms with Gasteiger partial charge in [-0.25, -0.2) is 4.98 Å². The number of nitrogens with zero attached hydrogens (tertiary/aromatic N) is 2. The number of anilines is 1. The standard InChI is InChI=1S/C16H23N3Si.ClH/c1-20(2,3)9-8-13-4-7-16(17-10-13)19-11-14-5-6-15(12-19)18-14;/h4,7,10,14-15,18H,5-6,11-12H2,1-3H3;1H. The first-order valence-corrected chi connectivity index (χ1v) is 11.0. The summed E-state index contributed by atoms with van der Waals surface area (Å²) in [6.07, 6.45) is 4.54. The van der Waals surface area contributed by atoms with Crippen molar-refractivity contribution < 1.29 is 0 Å². The lowest BCUT2D eigenvalue weighted by Gasteiger charge is -2.33. The van der Waals surface area contributed by atoms with Gasteiger partial charge < -0.3 is 10.2 Å². The van der Waals surface area contributed by atoms with Crippen LogP contribution in [-0.4, -0.2) is 38.2 Å². The molecule has 1 aromatic heterocycles. The Kier molecular flexibility index (Phi) is 4.98. The van der Waals surface area contributed by atoms with E-state index in [4.69, 9.17) is 0 Å². The van der Waals surface area contributed by atoms with Crippen molar-refractivity contribution in [3.05, 3.63) is 23.9 Å². The zero-order chi connectivity index (χ0) is 14.2. The van der Waals surface area contributed by atoms with Crippen LogP contribution in [0.25, 0.3) is 0 Å². The monoisotopic (exact) mass is 321 g/mol. The molecule has 2 aliphatic rings. The Balaban J connectivity index is 0.00000161. The van der Waals surface area contributed by atoms with E-state index >= 15 is 0 Å². The van der Waals surface area contributed by atoms with Gasteiger partial charge in [-0.05, 0) is 25.0 Å². The molecule has 2 fully saturated rings. The SMILES string of the molecule is C[Si](C)(C)C#Cc1ccc(N2CC3CCC(C2)N3)nc1.Cl. The van der Waals surface area contributed by atoms with E-state index in [-0.39, 0.29) is 12.4 Å². The van der Waals surface area contributed by atoms with Crippen LogP contribution in [0, 0.1) is 11.5 Å². The average Bonchev–Trinajstić information content (AvgIpc) is 2.75. The summed E-state index contributed by atoms with van der Waals surface area (Å²) in [5, 5.41) is 3.65. The molecule has 21 heavy (non-hydrogen) atoms. The molecule has 5 heteroatoms. The van der Waals surface area contributed by atoms with Crippen LogP contribution < -0.4 is 10.2 Å². The summed E-state index contributed by atoms with van der Waals surface area (Å²) in [7, 11) is -1.30. The van der Waals surface area contributed by atoms with E-state index in [1.165, 1.54) is 12.8 Å². The predicted octanol–water partition coefficient (Wildman–Crippen LogP) is 2.67. The number of halogens is 1. The number of piperazine rings is 1. The van der Waals surface area contributed by atoms with E-state index in [9.17, 15) is 0 Å². The van der Waals surface area contributed by atoms with E-state index in [0.29, 0.717) is 12.1 Å². The van der Waals surface area contributed by atoms with Crippen molar-refractivity contribution in [2.75, 3.05) is 18.0 Å². The normalized spacial score (nSPS) is 24.0. The Morgan fingerprint density at radius 2 is 1.86 bits per heavy atom. The highest BCUT2D eigenvalue weighted by atomic mass is 35.5. The van der Waals surface area contributed by atoms with Crippen LogP contribution in [0.3, 0.4) is 0 Å². The first kappa shape index (κ1) is 16.3. The quantitative estimate of drug-likeness (QED) is 0.637. The molecule has 2 bridgehead atoms. The minimum Gasteiger partial charge on any atom is -0.353 e. The number of hydrogen-bond donors (Lipinski definition) is 1. The van der Waals surface area contributed by atoms with Crippen molar-refractivity contribution in [2.45, 2.75) is 44.6 Å². The summed E-state index contributed by atoms with van der Waals surface area (Å²) in [5.74, 6) is 4.36. The van der Waals surface area contributed by atoms with Gasteiger partial charge in [0.05, 0.1) is 0 Å². The fourth-order valence-corrected chi connectivity index (χ4v) is 3.41. The molecule has 0 radical (unpaired) electrons. The highest BCUT2D eigenvalue weighted by Gasteiger charge is 2.32. The molecule has 1 N–H and O–H groups in total. The molecule has 0 aliphatic carbocycles. The van der Waals surface area contributed by atoms with Gasteiger partial charge >= 0.3 is 0 Å². The molecular formula is C16H24ClN3Si. The maximum atomic E-state index is 4.61. The molecule has 2 saturated heterocycles. The predicted molar refractivity (Wildman–Crippen MR) is 93.9 cm³/mol. The molecule has 2 unspecified atom stereocenters. The van der Waals surface area contributed by atoms with Crippen molar-refractivity contribution in [3.8, 4) is 11.5 Å². The second-order valence-electron chi connectivity index (χ2n) is 6.95. The lowest BCUT2D eigenvalue weighted by molar-refractivity contribution is 0.463. The molecule has 3 rings (SSSR count). The van der Waals surface area contributed by atoms with Crippen molar-refractivity contribution in [2.24, 2.45) is 0 Å². The van der Waals surface area contributed by atoms with Crippen LogP contribution in [0.5, 0.6) is 0 Å². The Morgan fingerprint density at radius 1 is 1.19 bits per heavy atom. The zero-order valence-electron chi connectivity index (χ0n) is 13.0.